The maximum absolute atomic E-state index is 12.7. The van der Waals surface area contributed by atoms with Gasteiger partial charge in [-0.05, 0) is 54.5 Å². The second kappa shape index (κ2) is 8.61. The molecule has 0 spiro atoms. The van der Waals surface area contributed by atoms with Gasteiger partial charge in [0, 0.05) is 17.0 Å². The van der Waals surface area contributed by atoms with Crippen molar-refractivity contribution in [2.24, 2.45) is 5.92 Å². The summed E-state index contributed by atoms with van der Waals surface area (Å²) in [6.45, 7) is 7.48. The lowest BCUT2D eigenvalue weighted by Gasteiger charge is -2.20. The molecule has 1 amide bonds. The Morgan fingerprint density at radius 3 is 2.55 bits per heavy atom. The van der Waals surface area contributed by atoms with Crippen molar-refractivity contribution in [3.05, 3.63) is 67.7 Å². The molecule has 1 aromatic carbocycles. The predicted molar refractivity (Wildman–Crippen MR) is 112 cm³/mol. The molecule has 2 heterocycles. The highest BCUT2D eigenvalue weighted by Crippen LogP contribution is 2.22. The molecule has 1 N–H and O–H groups in total. The first-order valence-electron chi connectivity index (χ1n) is 9.31. The predicted octanol–water partition coefficient (Wildman–Crippen LogP) is 3.97. The minimum atomic E-state index is -0.792. The number of thiophene rings is 1. The van der Waals surface area contributed by atoms with Crippen LogP contribution in [-0.4, -0.2) is 17.9 Å². The fraction of sp³-hybridized carbons (Fsp3) is 0.318. The van der Waals surface area contributed by atoms with Crippen molar-refractivity contribution in [2.45, 2.75) is 40.3 Å². The van der Waals surface area contributed by atoms with E-state index in [0.29, 0.717) is 16.0 Å². The van der Waals surface area contributed by atoms with Gasteiger partial charge < -0.3 is 14.5 Å². The quantitative estimate of drug-likeness (QED) is 0.488. The zero-order valence-corrected chi connectivity index (χ0v) is 17.6. The fourth-order valence-electron chi connectivity index (χ4n) is 2.96. The minimum Gasteiger partial charge on any atom is -0.459 e. The number of ether oxygens (including phenoxy) is 1. The zero-order valence-electron chi connectivity index (χ0n) is 16.8. The molecule has 2 aromatic heterocycles. The van der Waals surface area contributed by atoms with Crippen molar-refractivity contribution >= 4 is 34.2 Å². The molecule has 0 saturated carbocycles. The first kappa shape index (κ1) is 20.8. The van der Waals surface area contributed by atoms with Crippen molar-refractivity contribution in [3.8, 4) is 0 Å². The van der Waals surface area contributed by atoms with E-state index in [-0.39, 0.29) is 18.4 Å². The van der Waals surface area contributed by atoms with E-state index in [0.717, 1.165) is 16.5 Å². The summed E-state index contributed by atoms with van der Waals surface area (Å²) >= 11 is 1.30. The molecule has 1 atom stereocenters. The lowest BCUT2D eigenvalue weighted by atomic mass is 10.0. The van der Waals surface area contributed by atoms with E-state index in [1.54, 1.807) is 23.6 Å². The van der Waals surface area contributed by atoms with Gasteiger partial charge in [-0.1, -0.05) is 19.9 Å². The molecule has 0 fully saturated rings. The third-order valence-electron chi connectivity index (χ3n) is 4.77. The van der Waals surface area contributed by atoms with Crippen LogP contribution >= 0.6 is 11.3 Å². The Kier molecular flexibility index (Phi) is 6.17. The van der Waals surface area contributed by atoms with Crippen LogP contribution in [0.2, 0.25) is 0 Å². The number of benzene rings is 1. The van der Waals surface area contributed by atoms with Crippen molar-refractivity contribution in [2.75, 3.05) is 0 Å². The number of hydrogen-bond acceptors (Lipinski definition) is 6. The fourth-order valence-corrected chi connectivity index (χ4v) is 3.59. The number of aryl methyl sites for hydroxylation is 2. The van der Waals surface area contributed by atoms with Crippen LogP contribution in [0.3, 0.4) is 0 Å². The van der Waals surface area contributed by atoms with Crippen LogP contribution < -0.4 is 10.9 Å². The summed E-state index contributed by atoms with van der Waals surface area (Å²) in [6.07, 6.45) is 0. The van der Waals surface area contributed by atoms with Crippen molar-refractivity contribution in [1.29, 1.82) is 0 Å². The molecular weight excluding hydrogens is 390 g/mol. The lowest BCUT2D eigenvalue weighted by molar-refractivity contribution is -0.148. The number of amides is 1. The van der Waals surface area contributed by atoms with Gasteiger partial charge in [0.1, 0.15) is 18.2 Å². The summed E-state index contributed by atoms with van der Waals surface area (Å²) in [7, 11) is 0. The molecule has 29 heavy (non-hydrogen) atoms. The lowest BCUT2D eigenvalue weighted by Crippen LogP contribution is -2.45. The van der Waals surface area contributed by atoms with Gasteiger partial charge in [-0.15, -0.1) is 11.3 Å². The number of carbonyl (C=O) groups excluding carboxylic acids is 2. The average Bonchev–Trinajstić information content (AvgIpc) is 3.19. The Labute approximate surface area is 172 Å². The van der Waals surface area contributed by atoms with Gasteiger partial charge in [0.25, 0.3) is 5.91 Å². The molecule has 6 nitrogen and oxygen atoms in total. The summed E-state index contributed by atoms with van der Waals surface area (Å²) in [5.41, 5.74) is 2.57. The molecular formula is C22H23NO5S. The number of nitrogens with one attached hydrogen (secondary N) is 1. The molecule has 0 saturated heterocycles. The number of fused-ring (bicyclic) bond motifs is 1. The van der Waals surface area contributed by atoms with E-state index in [1.807, 2.05) is 33.8 Å². The van der Waals surface area contributed by atoms with E-state index in [4.69, 9.17) is 9.15 Å². The number of hydrogen-bond donors (Lipinski definition) is 1. The van der Waals surface area contributed by atoms with Gasteiger partial charge >= 0.3 is 11.6 Å². The molecule has 0 unspecified atom stereocenters. The zero-order chi connectivity index (χ0) is 21.1. The van der Waals surface area contributed by atoms with Crippen molar-refractivity contribution in [1.82, 2.24) is 5.32 Å². The van der Waals surface area contributed by atoms with Crippen LogP contribution in [-0.2, 0) is 16.1 Å². The Bertz CT molecular complexity index is 1100. The Balaban J connectivity index is 1.78. The minimum absolute atomic E-state index is 0.0818. The third kappa shape index (κ3) is 4.74. The number of rotatable bonds is 6. The van der Waals surface area contributed by atoms with Crippen LogP contribution in [0, 0.1) is 19.8 Å². The summed E-state index contributed by atoms with van der Waals surface area (Å²) in [5.74, 6) is -1.02. The molecule has 0 aliphatic heterocycles. The van der Waals surface area contributed by atoms with E-state index in [2.05, 4.69) is 5.32 Å². The van der Waals surface area contributed by atoms with E-state index in [9.17, 15) is 14.4 Å². The Morgan fingerprint density at radius 2 is 1.90 bits per heavy atom. The molecule has 0 radical (unpaired) electrons. The van der Waals surface area contributed by atoms with Crippen LogP contribution in [0.1, 0.15) is 40.2 Å². The molecule has 152 valence electrons. The van der Waals surface area contributed by atoms with E-state index >= 15 is 0 Å². The van der Waals surface area contributed by atoms with Gasteiger partial charge in [-0.3, -0.25) is 4.79 Å². The average molecular weight is 413 g/mol. The van der Waals surface area contributed by atoms with Gasteiger partial charge in [0.05, 0.1) is 4.88 Å². The second-order valence-corrected chi connectivity index (χ2v) is 8.25. The highest BCUT2D eigenvalue weighted by molar-refractivity contribution is 7.12. The van der Waals surface area contributed by atoms with Crippen molar-refractivity contribution < 1.29 is 18.7 Å². The summed E-state index contributed by atoms with van der Waals surface area (Å²) < 4.78 is 10.7. The molecule has 0 aliphatic carbocycles. The van der Waals surface area contributed by atoms with Gasteiger partial charge in [0.2, 0.25) is 0 Å². The SMILES string of the molecule is Cc1cc2oc(=O)cc(COC(=O)[C@@H](NC(=O)c3cccs3)C(C)C)c2cc1C. The van der Waals surface area contributed by atoms with E-state index in [1.165, 1.54) is 17.4 Å². The van der Waals surface area contributed by atoms with Gasteiger partial charge in [-0.25, -0.2) is 9.59 Å². The number of carbonyl (C=O) groups is 2. The van der Waals surface area contributed by atoms with Crippen LogP contribution in [0.5, 0.6) is 0 Å². The highest BCUT2D eigenvalue weighted by Gasteiger charge is 2.26. The maximum atomic E-state index is 12.7. The summed E-state index contributed by atoms with van der Waals surface area (Å²) in [4.78, 5) is 37.4. The standard InChI is InChI=1S/C22H23NO5S/c1-12(2)20(23-21(25)18-6-5-7-29-18)22(26)27-11-15-10-19(24)28-17-9-14(4)13(3)8-16(15)17/h5-10,12,20H,11H2,1-4H3,(H,23,25)/t20-/m0/s1. The van der Waals surface area contributed by atoms with Crippen LogP contribution in [0.25, 0.3) is 11.0 Å². The molecule has 0 aliphatic rings. The first-order valence-corrected chi connectivity index (χ1v) is 10.2. The molecule has 3 rings (SSSR count). The van der Waals surface area contributed by atoms with Gasteiger partial charge in [-0.2, -0.15) is 0 Å². The summed E-state index contributed by atoms with van der Waals surface area (Å²) in [5, 5.41) is 5.26. The number of esters is 1. The summed E-state index contributed by atoms with van der Waals surface area (Å²) in [6, 6.07) is 7.73. The van der Waals surface area contributed by atoms with Crippen LogP contribution in [0.4, 0.5) is 0 Å². The smallest absolute Gasteiger partial charge is 0.336 e. The topological polar surface area (TPSA) is 85.6 Å². The van der Waals surface area contributed by atoms with Crippen molar-refractivity contribution in [3.63, 3.8) is 0 Å². The molecule has 7 heteroatoms. The Hall–Kier alpha value is -2.93. The monoisotopic (exact) mass is 413 g/mol. The van der Waals surface area contributed by atoms with Gasteiger partial charge in [0.15, 0.2) is 0 Å². The first-order chi connectivity index (χ1) is 13.8. The third-order valence-corrected chi connectivity index (χ3v) is 5.64. The molecule has 3 aromatic rings. The normalized spacial score (nSPS) is 12.2. The Morgan fingerprint density at radius 1 is 1.17 bits per heavy atom. The van der Waals surface area contributed by atoms with Crippen LogP contribution in [0.15, 0.2) is 44.9 Å². The second-order valence-electron chi connectivity index (χ2n) is 7.30. The maximum Gasteiger partial charge on any atom is 0.336 e. The van der Waals surface area contributed by atoms with E-state index < -0.39 is 17.6 Å². The molecule has 0 bridgehead atoms. The largest absolute Gasteiger partial charge is 0.459 e. The highest BCUT2D eigenvalue weighted by atomic mass is 32.1.